The fourth-order valence-corrected chi connectivity index (χ4v) is 4.62. The molecule has 4 heterocycles. The second-order valence-electron chi connectivity index (χ2n) is 7.67. The number of anilines is 2. The summed E-state index contributed by atoms with van der Waals surface area (Å²) in [5.41, 5.74) is 1.66. The van der Waals surface area contributed by atoms with Crippen molar-refractivity contribution in [3.05, 3.63) is 40.4 Å². The van der Waals surface area contributed by atoms with E-state index in [1.54, 1.807) is 17.0 Å². The van der Waals surface area contributed by atoms with E-state index in [1.165, 1.54) is 25.9 Å². The molecule has 5 rings (SSSR count). The van der Waals surface area contributed by atoms with E-state index in [2.05, 4.69) is 20.0 Å². The van der Waals surface area contributed by atoms with Gasteiger partial charge in [0.1, 0.15) is 11.4 Å². The first kappa shape index (κ1) is 20.6. The highest BCUT2D eigenvalue weighted by molar-refractivity contribution is 7.98. The van der Waals surface area contributed by atoms with Gasteiger partial charge in [-0.05, 0) is 37.3 Å². The van der Waals surface area contributed by atoms with Gasteiger partial charge < -0.3 is 19.0 Å². The lowest BCUT2D eigenvalue weighted by Crippen LogP contribution is -2.39. The Kier molecular flexibility index (Phi) is 5.12. The Hall–Kier alpha value is -3.34. The molecule has 1 atom stereocenters. The molecule has 0 N–H and O–H groups in total. The summed E-state index contributed by atoms with van der Waals surface area (Å²) in [5.74, 6) is 0.337. The van der Waals surface area contributed by atoms with E-state index >= 15 is 0 Å². The van der Waals surface area contributed by atoms with Crippen LogP contribution in [-0.4, -0.2) is 58.2 Å². The van der Waals surface area contributed by atoms with Crippen molar-refractivity contribution < 1.29 is 13.9 Å². The SMILES string of the molecule is COc1nc(SC)nc2c1C(=O)N(c1cccc(-c3nn(C)c(=O)o3)c1)CC1CCCN21. The van der Waals surface area contributed by atoms with Gasteiger partial charge in [0.15, 0.2) is 5.16 Å². The van der Waals surface area contributed by atoms with Gasteiger partial charge in [-0.3, -0.25) is 4.79 Å². The van der Waals surface area contributed by atoms with Crippen LogP contribution in [0.3, 0.4) is 0 Å². The fourth-order valence-electron chi connectivity index (χ4n) is 4.27. The van der Waals surface area contributed by atoms with Crippen molar-refractivity contribution in [3.63, 3.8) is 0 Å². The molecule has 0 saturated carbocycles. The first-order valence-corrected chi connectivity index (χ1v) is 11.5. The summed E-state index contributed by atoms with van der Waals surface area (Å²) in [5, 5.41) is 4.69. The standard InChI is InChI=1S/C21H22N6O4S/c1-25-21(29)31-17(24-25)12-6-4-7-13(10-12)27-11-14-8-5-9-26(14)16-15(19(27)28)18(30-2)23-20(22-16)32-3/h4,6-7,10,14H,5,8-9,11H2,1-3H3. The van der Waals surface area contributed by atoms with Crippen LogP contribution in [0.4, 0.5) is 11.5 Å². The quantitative estimate of drug-likeness (QED) is 0.433. The Morgan fingerprint density at radius 3 is 2.81 bits per heavy atom. The van der Waals surface area contributed by atoms with Gasteiger partial charge >= 0.3 is 5.76 Å². The van der Waals surface area contributed by atoms with E-state index in [0.29, 0.717) is 34.3 Å². The number of aromatic nitrogens is 4. The van der Waals surface area contributed by atoms with Crippen LogP contribution in [0.2, 0.25) is 0 Å². The molecule has 1 saturated heterocycles. The highest BCUT2D eigenvalue weighted by atomic mass is 32.2. The number of thioether (sulfide) groups is 1. The van der Waals surface area contributed by atoms with E-state index < -0.39 is 5.76 Å². The zero-order valence-corrected chi connectivity index (χ0v) is 18.8. The number of ether oxygens (including phenoxy) is 1. The van der Waals surface area contributed by atoms with Crippen molar-refractivity contribution in [2.24, 2.45) is 7.05 Å². The van der Waals surface area contributed by atoms with Crippen molar-refractivity contribution in [1.29, 1.82) is 0 Å². The van der Waals surface area contributed by atoms with Gasteiger partial charge in [-0.1, -0.05) is 17.8 Å². The lowest BCUT2D eigenvalue weighted by Gasteiger charge is -2.27. The molecule has 1 aromatic carbocycles. The van der Waals surface area contributed by atoms with Crippen LogP contribution in [-0.2, 0) is 7.05 Å². The third-order valence-corrected chi connectivity index (χ3v) is 6.36. The molecule has 0 aliphatic carbocycles. The van der Waals surface area contributed by atoms with Crippen LogP contribution in [0.5, 0.6) is 5.88 Å². The third-order valence-electron chi connectivity index (χ3n) is 5.81. The van der Waals surface area contributed by atoms with Crippen molar-refractivity contribution in [2.45, 2.75) is 24.0 Å². The smallest absolute Gasteiger partial charge is 0.437 e. The van der Waals surface area contributed by atoms with E-state index in [9.17, 15) is 9.59 Å². The molecule has 2 aliphatic heterocycles. The molecule has 1 unspecified atom stereocenters. The third kappa shape index (κ3) is 3.32. The Morgan fingerprint density at radius 1 is 1.25 bits per heavy atom. The first-order valence-electron chi connectivity index (χ1n) is 10.2. The number of benzene rings is 1. The minimum absolute atomic E-state index is 0.131. The number of aryl methyl sites for hydroxylation is 1. The highest BCUT2D eigenvalue weighted by Crippen LogP contribution is 2.38. The predicted molar refractivity (Wildman–Crippen MR) is 120 cm³/mol. The molecule has 32 heavy (non-hydrogen) atoms. The zero-order chi connectivity index (χ0) is 22.4. The Labute approximate surface area is 188 Å². The van der Waals surface area contributed by atoms with Crippen LogP contribution in [0, 0.1) is 0 Å². The molecule has 10 nitrogen and oxygen atoms in total. The summed E-state index contributed by atoms with van der Waals surface area (Å²) >= 11 is 1.41. The van der Waals surface area contributed by atoms with Gasteiger partial charge in [0.05, 0.1) is 7.11 Å². The summed E-state index contributed by atoms with van der Waals surface area (Å²) in [6.07, 6.45) is 3.88. The van der Waals surface area contributed by atoms with Crippen molar-refractivity contribution in [1.82, 2.24) is 19.7 Å². The first-order chi connectivity index (χ1) is 15.5. The van der Waals surface area contributed by atoms with Crippen LogP contribution in [0.1, 0.15) is 23.2 Å². The van der Waals surface area contributed by atoms with Gasteiger partial charge in [-0.2, -0.15) is 9.67 Å². The number of carbonyl (C=O) groups excluding carboxylic acids is 1. The summed E-state index contributed by atoms with van der Waals surface area (Å²) in [4.78, 5) is 38.5. The summed E-state index contributed by atoms with van der Waals surface area (Å²) in [6.45, 7) is 1.33. The molecule has 1 amide bonds. The molecule has 0 radical (unpaired) electrons. The number of hydrogen-bond donors (Lipinski definition) is 0. The fraction of sp³-hybridized carbons (Fsp3) is 0.381. The predicted octanol–water partition coefficient (Wildman–Crippen LogP) is 2.19. The largest absolute Gasteiger partial charge is 0.480 e. The Bertz CT molecular complexity index is 1260. The number of amides is 1. The minimum atomic E-state index is -0.543. The number of fused-ring (bicyclic) bond motifs is 3. The second-order valence-corrected chi connectivity index (χ2v) is 8.44. The van der Waals surface area contributed by atoms with Gasteiger partial charge in [-0.15, -0.1) is 5.10 Å². The van der Waals surface area contributed by atoms with Crippen LogP contribution >= 0.6 is 11.8 Å². The van der Waals surface area contributed by atoms with E-state index in [1.807, 2.05) is 18.4 Å². The second kappa shape index (κ2) is 7.97. The maximum atomic E-state index is 13.8. The highest BCUT2D eigenvalue weighted by Gasteiger charge is 2.39. The number of carbonyl (C=O) groups is 1. The monoisotopic (exact) mass is 454 g/mol. The normalized spacial score (nSPS) is 17.8. The number of nitrogens with zero attached hydrogens (tertiary/aromatic N) is 6. The average molecular weight is 455 g/mol. The average Bonchev–Trinajstić information content (AvgIpc) is 3.39. The van der Waals surface area contributed by atoms with E-state index in [4.69, 9.17) is 9.15 Å². The van der Waals surface area contributed by atoms with Crippen LogP contribution in [0.15, 0.2) is 38.6 Å². The summed E-state index contributed by atoms with van der Waals surface area (Å²) in [6, 6.07) is 7.40. The maximum absolute atomic E-state index is 13.8. The van der Waals surface area contributed by atoms with Crippen molar-refractivity contribution in [3.8, 4) is 17.3 Å². The zero-order valence-electron chi connectivity index (χ0n) is 17.9. The Morgan fingerprint density at radius 2 is 2.09 bits per heavy atom. The van der Waals surface area contributed by atoms with Gasteiger partial charge in [-0.25, -0.2) is 9.78 Å². The topological polar surface area (TPSA) is 107 Å². The molecule has 2 aliphatic rings. The number of rotatable bonds is 4. The van der Waals surface area contributed by atoms with Gasteiger partial charge in [0, 0.05) is 37.4 Å². The van der Waals surface area contributed by atoms with Crippen LogP contribution in [0.25, 0.3) is 11.5 Å². The molecular formula is C21H22N6O4S. The molecule has 2 aromatic heterocycles. The molecule has 0 spiro atoms. The summed E-state index contributed by atoms with van der Waals surface area (Å²) in [7, 11) is 3.04. The maximum Gasteiger partial charge on any atom is 0.437 e. The molecule has 3 aromatic rings. The van der Waals surface area contributed by atoms with Gasteiger partial charge in [0.2, 0.25) is 11.8 Å². The molecule has 1 fully saturated rings. The molecule has 11 heteroatoms. The molecular weight excluding hydrogens is 432 g/mol. The number of methoxy groups -OCH3 is 1. The van der Waals surface area contributed by atoms with Crippen LogP contribution < -0.4 is 20.3 Å². The van der Waals surface area contributed by atoms with E-state index in [-0.39, 0.29) is 23.7 Å². The Balaban J connectivity index is 1.63. The molecule has 166 valence electrons. The van der Waals surface area contributed by atoms with Crippen molar-refractivity contribution >= 4 is 29.2 Å². The lowest BCUT2D eigenvalue weighted by molar-refractivity contribution is 0.0984. The lowest BCUT2D eigenvalue weighted by atomic mass is 10.1. The van der Waals surface area contributed by atoms with Gasteiger partial charge in [0.25, 0.3) is 5.91 Å². The minimum Gasteiger partial charge on any atom is -0.480 e. The van der Waals surface area contributed by atoms with Crippen molar-refractivity contribution in [2.75, 3.05) is 36.3 Å². The number of hydrogen-bond acceptors (Lipinski definition) is 9. The summed E-state index contributed by atoms with van der Waals surface area (Å²) < 4.78 is 11.9. The molecule has 0 bridgehead atoms. The van der Waals surface area contributed by atoms with E-state index in [0.717, 1.165) is 24.1 Å².